The Balaban J connectivity index is 1.37. The van der Waals surface area contributed by atoms with Crippen molar-refractivity contribution in [2.24, 2.45) is 16.7 Å². The maximum absolute atomic E-state index is 14.3. The van der Waals surface area contributed by atoms with Crippen molar-refractivity contribution < 1.29 is 32.6 Å². The van der Waals surface area contributed by atoms with Crippen molar-refractivity contribution in [1.82, 2.24) is 14.5 Å². The van der Waals surface area contributed by atoms with Crippen molar-refractivity contribution in [2.75, 3.05) is 37.1 Å². The molecule has 47 heavy (non-hydrogen) atoms. The van der Waals surface area contributed by atoms with Gasteiger partial charge in [-0.05, 0) is 104 Å². The Morgan fingerprint density at radius 3 is 2.36 bits per heavy atom. The van der Waals surface area contributed by atoms with Crippen LogP contribution in [0.5, 0.6) is 0 Å². The molecular formula is C35H54N3O7S2+. The lowest BCUT2D eigenvalue weighted by Gasteiger charge is -2.45. The van der Waals surface area contributed by atoms with Gasteiger partial charge in [-0.25, -0.2) is 32.0 Å². The molecule has 4 atom stereocenters. The summed E-state index contributed by atoms with van der Waals surface area (Å²) < 4.78 is 35.8. The van der Waals surface area contributed by atoms with Gasteiger partial charge in [0.2, 0.25) is 10.0 Å². The van der Waals surface area contributed by atoms with E-state index in [0.29, 0.717) is 36.6 Å². The van der Waals surface area contributed by atoms with Crippen molar-refractivity contribution in [3.05, 3.63) is 35.4 Å². The van der Waals surface area contributed by atoms with Crippen LogP contribution in [0.1, 0.15) is 90.7 Å². The molecule has 1 spiro atoms. The fourth-order valence-electron chi connectivity index (χ4n) is 9.11. The Labute approximate surface area is 283 Å². The Kier molecular flexibility index (Phi) is 9.84. The fourth-order valence-corrected chi connectivity index (χ4v) is 12.1. The number of carboxylic acid groups (broad SMARTS) is 1. The Morgan fingerprint density at radius 2 is 1.77 bits per heavy atom. The Hall–Kier alpha value is -2.31. The number of carbonyl (C=O) groups excluding carboxylic acids is 2. The van der Waals surface area contributed by atoms with E-state index >= 15 is 0 Å². The maximum atomic E-state index is 14.3. The predicted molar refractivity (Wildman–Crippen MR) is 185 cm³/mol. The van der Waals surface area contributed by atoms with E-state index in [9.17, 15) is 27.9 Å². The summed E-state index contributed by atoms with van der Waals surface area (Å²) in [7, 11) is -3.81. The van der Waals surface area contributed by atoms with Crippen molar-refractivity contribution in [3.63, 3.8) is 0 Å². The molecule has 4 aliphatic rings. The first-order valence-electron chi connectivity index (χ1n) is 17.0. The van der Waals surface area contributed by atoms with E-state index in [1.165, 1.54) is 11.1 Å². The minimum atomic E-state index is -3.70. The summed E-state index contributed by atoms with van der Waals surface area (Å²) in [5.74, 6) is -0.668. The maximum Gasteiger partial charge on any atom is 0.419 e. The van der Waals surface area contributed by atoms with Crippen molar-refractivity contribution in [3.8, 4) is 0 Å². The first-order valence-corrected chi connectivity index (χ1v) is 20.8. The quantitative estimate of drug-likeness (QED) is 0.342. The molecule has 1 aliphatic heterocycles. The molecule has 10 nitrogen and oxygen atoms in total. The number of hydrogen-bond donors (Lipinski definition) is 2. The normalized spacial score (nSPS) is 27.1. The number of aliphatic carboxylic acids is 1. The fraction of sp³-hybridized carbons (Fsp3) is 0.743. The van der Waals surface area contributed by atoms with Crippen LogP contribution in [0.2, 0.25) is 0 Å². The molecule has 3 fully saturated rings. The number of carbonyl (C=O) groups is 3. The highest BCUT2D eigenvalue weighted by Crippen LogP contribution is 2.66. The van der Waals surface area contributed by atoms with Crippen LogP contribution >= 0.6 is 0 Å². The van der Waals surface area contributed by atoms with Crippen molar-refractivity contribution >= 4 is 39.0 Å². The number of fused-ring (bicyclic) bond motifs is 4. The molecule has 0 radical (unpaired) electrons. The molecule has 1 aromatic rings. The molecule has 2 saturated carbocycles. The molecule has 1 saturated heterocycles. The highest BCUT2D eigenvalue weighted by molar-refractivity contribution is 7.95. The molecule has 1 aromatic carbocycles. The summed E-state index contributed by atoms with van der Waals surface area (Å²) in [6, 6.07) is 5.75. The monoisotopic (exact) mass is 692 g/mol. The number of carboxylic acids is 1. The number of rotatable bonds is 9. The second-order valence-electron chi connectivity index (χ2n) is 16.1. The first kappa shape index (κ1) is 36.0. The van der Waals surface area contributed by atoms with Crippen LogP contribution in [0, 0.1) is 16.7 Å². The highest BCUT2D eigenvalue weighted by atomic mass is 32.2. The van der Waals surface area contributed by atoms with E-state index in [-0.39, 0.29) is 39.8 Å². The SMILES string of the molecule is C[S+](C)CC[C@@H](C(=O)O)N(C(=O)N[C@H]1C[C@H]2CC[C@]1(CS(=O)(=O)N1CCC3(CCc4ccccc43)CC1)C2(C)C)C(=O)OC(C)(C)C. The molecule has 2 N–H and O–H groups in total. The topological polar surface area (TPSA) is 133 Å². The molecule has 0 unspecified atom stereocenters. The third-order valence-corrected chi connectivity index (χ3v) is 15.0. The largest absolute Gasteiger partial charge is 0.480 e. The zero-order valence-electron chi connectivity index (χ0n) is 29.1. The number of hydrogen-bond acceptors (Lipinski definition) is 6. The molecule has 3 amide bonds. The molecule has 0 aromatic heterocycles. The smallest absolute Gasteiger partial charge is 0.419 e. The summed E-state index contributed by atoms with van der Waals surface area (Å²) in [6.45, 7) is 10.1. The second kappa shape index (κ2) is 12.9. The van der Waals surface area contributed by atoms with E-state index in [4.69, 9.17) is 4.74 Å². The lowest BCUT2D eigenvalue weighted by Crippen LogP contribution is -2.60. The molecule has 262 valence electrons. The van der Waals surface area contributed by atoms with Crippen LogP contribution in [0.4, 0.5) is 9.59 Å². The van der Waals surface area contributed by atoms with E-state index in [1.807, 2.05) is 12.5 Å². The number of ether oxygens (including phenoxy) is 1. The molecule has 12 heteroatoms. The standard InChI is InChI=1S/C35H53N3O7S2/c1-32(2,3)45-31(42)38(27(29(39)40)14-21-46(6)7)30(41)36-28-22-25-13-16-35(28,33(25,4)5)23-47(43,44)37-19-17-34(18-20-37)15-12-24-10-8-9-11-26(24)34/h8-11,25,27-28H,12-23H2,1-7H3,(H-,36,39,40,41)/p+1/t25-,27+,28+,35-/m1/s1. The summed E-state index contributed by atoms with van der Waals surface area (Å²) in [4.78, 5) is 40.7. The van der Waals surface area contributed by atoms with Crippen LogP contribution in [0.15, 0.2) is 24.3 Å². The number of piperidine rings is 1. The van der Waals surface area contributed by atoms with E-state index in [1.54, 1.807) is 25.1 Å². The van der Waals surface area contributed by atoms with E-state index in [2.05, 4.69) is 43.4 Å². The first-order chi connectivity index (χ1) is 21.8. The van der Waals surface area contributed by atoms with Gasteiger partial charge in [-0.1, -0.05) is 38.1 Å². The van der Waals surface area contributed by atoms with Gasteiger partial charge < -0.3 is 15.2 Å². The number of aryl methyl sites for hydroxylation is 1. The number of sulfonamides is 1. The number of benzene rings is 1. The lowest BCUT2D eigenvalue weighted by molar-refractivity contribution is -0.142. The summed E-state index contributed by atoms with van der Waals surface area (Å²) in [5, 5.41) is 13.2. The summed E-state index contributed by atoms with van der Waals surface area (Å²) >= 11 is 0. The number of amides is 3. The van der Waals surface area contributed by atoms with E-state index in [0.717, 1.165) is 32.1 Å². The average molecular weight is 693 g/mol. The van der Waals surface area contributed by atoms with Gasteiger partial charge in [0, 0.05) is 31.0 Å². The number of nitrogens with zero attached hydrogens (tertiary/aromatic N) is 2. The van der Waals surface area contributed by atoms with Crippen LogP contribution in [0.25, 0.3) is 0 Å². The molecule has 5 rings (SSSR count). The van der Waals surface area contributed by atoms with Gasteiger partial charge in [0.1, 0.15) is 17.4 Å². The summed E-state index contributed by atoms with van der Waals surface area (Å²) in [6.07, 6.45) is 8.76. The van der Waals surface area contributed by atoms with Crippen molar-refractivity contribution in [2.45, 2.75) is 109 Å². The van der Waals surface area contributed by atoms with Crippen LogP contribution in [-0.2, 0) is 42.3 Å². The van der Waals surface area contributed by atoms with Crippen molar-refractivity contribution in [1.29, 1.82) is 0 Å². The third-order valence-electron chi connectivity index (χ3n) is 11.9. The number of urea groups is 1. The minimum absolute atomic E-state index is 0.0321. The molecule has 3 aliphatic carbocycles. The van der Waals surface area contributed by atoms with Gasteiger partial charge >= 0.3 is 18.1 Å². The highest BCUT2D eigenvalue weighted by Gasteiger charge is 2.66. The van der Waals surface area contributed by atoms with Gasteiger partial charge in [0.25, 0.3) is 0 Å². The second-order valence-corrected chi connectivity index (χ2v) is 20.5. The zero-order chi connectivity index (χ0) is 34.6. The Bertz CT molecular complexity index is 1480. The molecule has 1 heterocycles. The number of nitrogens with one attached hydrogen (secondary N) is 1. The van der Waals surface area contributed by atoms with Gasteiger partial charge in [-0.3, -0.25) is 0 Å². The summed E-state index contributed by atoms with van der Waals surface area (Å²) in [5.41, 5.74) is 0.679. The zero-order valence-corrected chi connectivity index (χ0v) is 30.8. The molecule has 2 bridgehead atoms. The number of imide groups is 1. The average Bonchev–Trinajstić information content (AvgIpc) is 3.50. The van der Waals surface area contributed by atoms with E-state index < -0.39 is 51.2 Å². The Morgan fingerprint density at radius 1 is 1.11 bits per heavy atom. The van der Waals surface area contributed by atoms with Gasteiger partial charge in [-0.15, -0.1) is 0 Å². The lowest BCUT2D eigenvalue weighted by atomic mass is 9.69. The van der Waals surface area contributed by atoms with Crippen LogP contribution in [-0.4, -0.2) is 95.6 Å². The third kappa shape index (κ3) is 6.80. The van der Waals surface area contributed by atoms with Crippen LogP contribution in [0.3, 0.4) is 0 Å². The predicted octanol–water partition coefficient (Wildman–Crippen LogP) is 5.16. The van der Waals surface area contributed by atoms with Gasteiger partial charge in [-0.2, -0.15) is 0 Å². The van der Waals surface area contributed by atoms with Gasteiger partial charge in [0.15, 0.2) is 0 Å². The van der Waals surface area contributed by atoms with Gasteiger partial charge in [0.05, 0.1) is 18.3 Å². The van der Waals surface area contributed by atoms with Crippen LogP contribution < -0.4 is 5.32 Å². The molecular weight excluding hydrogens is 639 g/mol. The minimum Gasteiger partial charge on any atom is -0.480 e.